The van der Waals surface area contributed by atoms with Gasteiger partial charge in [0.05, 0.1) is 17.8 Å². The van der Waals surface area contributed by atoms with Crippen LogP contribution in [0.25, 0.3) is 0 Å². The summed E-state index contributed by atoms with van der Waals surface area (Å²) >= 11 is 0. The summed E-state index contributed by atoms with van der Waals surface area (Å²) in [6.07, 6.45) is 2.60. The van der Waals surface area contributed by atoms with Gasteiger partial charge in [-0.1, -0.05) is 6.92 Å². The topological polar surface area (TPSA) is 86.5 Å². The highest BCUT2D eigenvalue weighted by atomic mass is 15.3. The molecule has 6 heteroatoms. The van der Waals surface area contributed by atoms with Gasteiger partial charge in [0.25, 0.3) is 0 Å². The minimum absolute atomic E-state index is 0.328. The van der Waals surface area contributed by atoms with E-state index < -0.39 is 0 Å². The summed E-state index contributed by atoms with van der Waals surface area (Å²) in [4.78, 5) is 4.34. The fourth-order valence-electron chi connectivity index (χ4n) is 1.54. The van der Waals surface area contributed by atoms with Crippen molar-refractivity contribution in [1.82, 2.24) is 15.2 Å². The van der Waals surface area contributed by atoms with Gasteiger partial charge in [0, 0.05) is 11.7 Å². The maximum Gasteiger partial charge on any atom is 0.249 e. The zero-order valence-electron chi connectivity index (χ0n) is 11.5. The average molecular weight is 268 g/mol. The van der Waals surface area contributed by atoms with Crippen LogP contribution in [0.4, 0.5) is 17.5 Å². The van der Waals surface area contributed by atoms with Gasteiger partial charge in [-0.05, 0) is 37.6 Å². The van der Waals surface area contributed by atoms with E-state index in [1.54, 1.807) is 30.5 Å². The summed E-state index contributed by atoms with van der Waals surface area (Å²) in [7, 11) is 0. The Kier molecular flexibility index (Phi) is 4.45. The first-order valence-electron chi connectivity index (χ1n) is 6.44. The van der Waals surface area contributed by atoms with Crippen molar-refractivity contribution in [2.75, 3.05) is 10.6 Å². The lowest BCUT2D eigenvalue weighted by molar-refractivity contribution is 0.755. The molecule has 0 aliphatic carbocycles. The van der Waals surface area contributed by atoms with Crippen LogP contribution < -0.4 is 10.6 Å². The molecule has 0 aliphatic rings. The average Bonchev–Trinajstić information content (AvgIpc) is 2.48. The van der Waals surface area contributed by atoms with Crippen molar-refractivity contribution in [3.63, 3.8) is 0 Å². The summed E-state index contributed by atoms with van der Waals surface area (Å²) in [5.74, 6) is 1.11. The van der Waals surface area contributed by atoms with Crippen LogP contribution in [-0.2, 0) is 0 Å². The molecule has 6 nitrogen and oxygen atoms in total. The molecular formula is C14H16N6. The number of aromatic nitrogens is 3. The first kappa shape index (κ1) is 13.7. The molecule has 1 heterocycles. The van der Waals surface area contributed by atoms with Crippen LogP contribution in [0.2, 0.25) is 0 Å². The van der Waals surface area contributed by atoms with Gasteiger partial charge >= 0.3 is 0 Å². The summed E-state index contributed by atoms with van der Waals surface area (Å²) in [6.45, 7) is 4.18. The Morgan fingerprint density at radius 1 is 1.30 bits per heavy atom. The third-order valence-electron chi connectivity index (χ3n) is 2.84. The van der Waals surface area contributed by atoms with Crippen LogP contribution >= 0.6 is 0 Å². The van der Waals surface area contributed by atoms with Gasteiger partial charge in [-0.3, -0.25) is 0 Å². The normalized spacial score (nSPS) is 11.4. The van der Waals surface area contributed by atoms with E-state index in [0.29, 0.717) is 23.4 Å². The molecule has 1 aromatic heterocycles. The molecule has 2 N–H and O–H groups in total. The molecule has 0 bridgehead atoms. The molecule has 2 rings (SSSR count). The summed E-state index contributed by atoms with van der Waals surface area (Å²) in [5.41, 5.74) is 1.42. The minimum atomic E-state index is 0.328. The summed E-state index contributed by atoms with van der Waals surface area (Å²) in [6, 6.07) is 9.47. The van der Waals surface area contributed by atoms with Crippen LogP contribution in [0.15, 0.2) is 30.5 Å². The highest BCUT2D eigenvalue weighted by Gasteiger charge is 2.04. The number of nitriles is 1. The third kappa shape index (κ3) is 3.65. The maximum atomic E-state index is 8.75. The molecule has 1 atom stereocenters. The van der Waals surface area contributed by atoms with Crippen molar-refractivity contribution < 1.29 is 0 Å². The van der Waals surface area contributed by atoms with Crippen molar-refractivity contribution in [2.45, 2.75) is 26.3 Å². The number of benzene rings is 1. The predicted octanol–water partition coefficient (Wildman–Crippen LogP) is 2.70. The van der Waals surface area contributed by atoms with E-state index in [0.717, 1.165) is 12.1 Å². The van der Waals surface area contributed by atoms with E-state index in [1.807, 2.05) is 0 Å². The van der Waals surface area contributed by atoms with E-state index in [-0.39, 0.29) is 0 Å². The molecule has 2 aromatic rings. The van der Waals surface area contributed by atoms with Gasteiger partial charge in [-0.15, -0.1) is 5.10 Å². The quantitative estimate of drug-likeness (QED) is 0.867. The number of nitrogens with one attached hydrogen (secondary N) is 2. The summed E-state index contributed by atoms with van der Waals surface area (Å²) in [5, 5.41) is 22.9. The van der Waals surface area contributed by atoms with E-state index in [2.05, 4.69) is 45.7 Å². The molecular weight excluding hydrogens is 252 g/mol. The Labute approximate surface area is 117 Å². The Balaban J connectivity index is 2.09. The molecule has 0 saturated carbocycles. The van der Waals surface area contributed by atoms with Crippen LogP contribution in [0.3, 0.4) is 0 Å². The van der Waals surface area contributed by atoms with Crippen molar-refractivity contribution >= 4 is 17.5 Å². The smallest absolute Gasteiger partial charge is 0.249 e. The predicted molar refractivity (Wildman–Crippen MR) is 77.6 cm³/mol. The molecule has 0 radical (unpaired) electrons. The Morgan fingerprint density at radius 2 is 2.05 bits per heavy atom. The Hall–Kier alpha value is -2.68. The van der Waals surface area contributed by atoms with E-state index in [1.165, 1.54) is 0 Å². The fraction of sp³-hybridized carbons (Fsp3) is 0.286. The van der Waals surface area contributed by atoms with Crippen LogP contribution in [0.5, 0.6) is 0 Å². The SMILES string of the molecule is CCC(C)Nc1cnnc(Nc2ccc(C#N)cc2)n1. The van der Waals surface area contributed by atoms with E-state index in [4.69, 9.17) is 5.26 Å². The van der Waals surface area contributed by atoms with E-state index in [9.17, 15) is 0 Å². The van der Waals surface area contributed by atoms with Crippen LogP contribution in [0.1, 0.15) is 25.8 Å². The van der Waals surface area contributed by atoms with Gasteiger partial charge in [0.15, 0.2) is 5.82 Å². The maximum absolute atomic E-state index is 8.75. The zero-order chi connectivity index (χ0) is 14.4. The third-order valence-corrected chi connectivity index (χ3v) is 2.84. The van der Waals surface area contributed by atoms with Crippen LogP contribution in [0, 0.1) is 11.3 Å². The van der Waals surface area contributed by atoms with Gasteiger partial charge in [0.1, 0.15) is 0 Å². The van der Waals surface area contributed by atoms with Crippen molar-refractivity contribution in [1.29, 1.82) is 5.26 Å². The lowest BCUT2D eigenvalue weighted by atomic mass is 10.2. The molecule has 0 aliphatic heterocycles. The van der Waals surface area contributed by atoms with Gasteiger partial charge in [0.2, 0.25) is 5.95 Å². The molecule has 0 amide bonds. The van der Waals surface area contributed by atoms with Crippen molar-refractivity contribution in [3.05, 3.63) is 36.0 Å². The first-order chi connectivity index (χ1) is 9.71. The molecule has 102 valence electrons. The number of anilines is 3. The molecule has 0 spiro atoms. The standard InChI is InChI=1S/C14H16N6/c1-3-10(2)17-13-9-16-20-14(19-13)18-12-6-4-11(8-15)5-7-12/h4-7,9-10H,3H2,1-2H3,(H2,17,18,19,20). The van der Waals surface area contributed by atoms with Crippen LogP contribution in [-0.4, -0.2) is 21.2 Å². The minimum Gasteiger partial charge on any atom is -0.366 e. The second-order valence-electron chi connectivity index (χ2n) is 4.43. The number of hydrogen-bond donors (Lipinski definition) is 2. The van der Waals surface area contributed by atoms with Crippen molar-refractivity contribution in [2.24, 2.45) is 0 Å². The summed E-state index contributed by atoms with van der Waals surface area (Å²) < 4.78 is 0. The number of hydrogen-bond acceptors (Lipinski definition) is 6. The highest BCUT2D eigenvalue weighted by Crippen LogP contribution is 2.14. The Bertz CT molecular complexity index is 602. The Morgan fingerprint density at radius 3 is 2.70 bits per heavy atom. The zero-order valence-corrected chi connectivity index (χ0v) is 11.5. The molecule has 1 unspecified atom stereocenters. The van der Waals surface area contributed by atoms with Gasteiger partial charge < -0.3 is 10.6 Å². The molecule has 20 heavy (non-hydrogen) atoms. The molecule has 0 saturated heterocycles. The second kappa shape index (κ2) is 6.48. The fourth-order valence-corrected chi connectivity index (χ4v) is 1.54. The lowest BCUT2D eigenvalue weighted by Crippen LogP contribution is -2.15. The van der Waals surface area contributed by atoms with Gasteiger partial charge in [-0.2, -0.15) is 15.3 Å². The second-order valence-corrected chi connectivity index (χ2v) is 4.43. The molecule has 1 aromatic carbocycles. The van der Waals surface area contributed by atoms with Crippen molar-refractivity contribution in [3.8, 4) is 6.07 Å². The number of rotatable bonds is 5. The molecule has 0 fully saturated rings. The lowest BCUT2D eigenvalue weighted by Gasteiger charge is -2.12. The highest BCUT2D eigenvalue weighted by molar-refractivity contribution is 5.55. The van der Waals surface area contributed by atoms with Gasteiger partial charge in [-0.25, -0.2) is 0 Å². The monoisotopic (exact) mass is 268 g/mol. The largest absolute Gasteiger partial charge is 0.366 e. The van der Waals surface area contributed by atoms with E-state index >= 15 is 0 Å². The number of nitrogens with zero attached hydrogens (tertiary/aromatic N) is 4. The first-order valence-corrected chi connectivity index (χ1v) is 6.44.